The highest BCUT2D eigenvalue weighted by atomic mass is 16.7. The first kappa shape index (κ1) is 34.6. The van der Waals surface area contributed by atoms with E-state index in [1.54, 1.807) is 0 Å². The largest absolute Gasteiger partial charge is 0.508 e. The van der Waals surface area contributed by atoms with Crippen LogP contribution in [0.3, 0.4) is 0 Å². The summed E-state index contributed by atoms with van der Waals surface area (Å²) in [5.74, 6) is -15.1. The van der Waals surface area contributed by atoms with Gasteiger partial charge in [-0.1, -0.05) is 0 Å². The van der Waals surface area contributed by atoms with Crippen LogP contribution in [0.4, 0.5) is 0 Å². The molecule has 284 valence electrons. The number of hydrogen-bond donors (Lipinski definition) is 13. The maximum atomic E-state index is 13.4. The molecule has 0 aromatic heterocycles. The van der Waals surface area contributed by atoms with Gasteiger partial charge in [0.15, 0.2) is 57.8 Å². The molecule has 3 aliphatic rings. The molecule has 18 heteroatoms. The molecule has 0 unspecified atom stereocenters. The number of fused-ring (bicyclic) bond motifs is 8. The molecule has 5 aromatic carbocycles. The average Bonchev–Trinajstić information content (AvgIpc) is 3.11. The highest BCUT2D eigenvalue weighted by Gasteiger charge is 2.60. The fourth-order valence-corrected chi connectivity index (χ4v) is 7.24. The number of aliphatic hydroxyl groups is 1. The molecular weight excluding hydrogens is 732 g/mol. The highest BCUT2D eigenvalue weighted by molar-refractivity contribution is 5.91. The summed E-state index contributed by atoms with van der Waals surface area (Å²) in [6, 6.07) is 8.57. The fraction of sp³-hybridized carbons (Fsp3) is 0.162. The molecule has 0 amide bonds. The minimum atomic E-state index is -2.41. The lowest BCUT2D eigenvalue weighted by molar-refractivity contribution is -0.219. The fourth-order valence-electron chi connectivity index (χ4n) is 7.24. The number of phenolic OH excluding ortho intramolecular Hbond substituents is 12. The van der Waals surface area contributed by atoms with Gasteiger partial charge in [-0.15, -0.1) is 0 Å². The summed E-state index contributed by atoms with van der Waals surface area (Å²) in [6.45, 7) is 0. The molecule has 13 N–H and O–H groups in total. The molecule has 3 heterocycles. The van der Waals surface area contributed by atoms with Gasteiger partial charge in [-0.25, -0.2) is 4.79 Å². The molecule has 0 radical (unpaired) electrons. The Morgan fingerprint density at radius 3 is 1.73 bits per heavy atom. The Bertz CT molecular complexity index is 2410. The minimum absolute atomic E-state index is 0.0518. The number of aromatic hydroxyl groups is 12. The third-order valence-electron chi connectivity index (χ3n) is 9.76. The van der Waals surface area contributed by atoms with Gasteiger partial charge >= 0.3 is 11.8 Å². The van der Waals surface area contributed by atoms with E-state index >= 15 is 0 Å². The van der Waals surface area contributed by atoms with Gasteiger partial charge in [0, 0.05) is 52.4 Å². The van der Waals surface area contributed by atoms with Crippen molar-refractivity contribution < 1.29 is 90.1 Å². The number of esters is 1. The Morgan fingerprint density at radius 2 is 1.15 bits per heavy atom. The summed E-state index contributed by atoms with van der Waals surface area (Å²) in [7, 11) is 0. The van der Waals surface area contributed by atoms with E-state index < -0.39 is 117 Å². The normalized spacial score (nSPS) is 21.8. The van der Waals surface area contributed by atoms with Gasteiger partial charge in [-0.05, 0) is 36.4 Å². The number of benzene rings is 5. The zero-order valence-electron chi connectivity index (χ0n) is 27.6. The molecule has 0 spiro atoms. The van der Waals surface area contributed by atoms with Crippen molar-refractivity contribution in [1.82, 2.24) is 0 Å². The van der Waals surface area contributed by atoms with Crippen LogP contribution >= 0.6 is 0 Å². The lowest BCUT2D eigenvalue weighted by Crippen LogP contribution is -2.57. The second-order valence-electron chi connectivity index (χ2n) is 13.1. The Morgan fingerprint density at radius 1 is 0.618 bits per heavy atom. The van der Waals surface area contributed by atoms with Crippen LogP contribution in [-0.2, 0) is 16.9 Å². The van der Waals surface area contributed by atoms with Crippen molar-refractivity contribution in [2.75, 3.05) is 0 Å². The zero-order valence-corrected chi connectivity index (χ0v) is 27.6. The molecule has 0 saturated carbocycles. The van der Waals surface area contributed by atoms with Gasteiger partial charge in [-0.2, -0.15) is 0 Å². The van der Waals surface area contributed by atoms with Crippen molar-refractivity contribution in [2.24, 2.45) is 0 Å². The summed E-state index contributed by atoms with van der Waals surface area (Å²) < 4.78 is 24.5. The second kappa shape index (κ2) is 11.8. The quantitative estimate of drug-likeness (QED) is 0.0924. The molecule has 3 aliphatic heterocycles. The van der Waals surface area contributed by atoms with Gasteiger partial charge in [0.05, 0.1) is 11.5 Å². The van der Waals surface area contributed by atoms with Crippen LogP contribution in [0, 0.1) is 0 Å². The van der Waals surface area contributed by atoms with Crippen molar-refractivity contribution in [2.45, 2.75) is 36.4 Å². The van der Waals surface area contributed by atoms with Crippen LogP contribution in [0.25, 0.3) is 0 Å². The van der Waals surface area contributed by atoms with Crippen LogP contribution in [-0.4, -0.2) is 84.6 Å². The van der Waals surface area contributed by atoms with Crippen molar-refractivity contribution >= 4 is 5.97 Å². The third kappa shape index (κ3) is 5.10. The first-order valence-corrected chi connectivity index (χ1v) is 16.1. The van der Waals surface area contributed by atoms with E-state index in [0.717, 1.165) is 54.6 Å². The van der Waals surface area contributed by atoms with Crippen LogP contribution in [0.1, 0.15) is 50.2 Å². The smallest absolute Gasteiger partial charge is 0.338 e. The van der Waals surface area contributed by atoms with Crippen molar-refractivity contribution in [3.63, 3.8) is 0 Å². The van der Waals surface area contributed by atoms with E-state index in [-0.39, 0.29) is 45.1 Å². The van der Waals surface area contributed by atoms with Gasteiger partial charge in [0.2, 0.25) is 0 Å². The van der Waals surface area contributed by atoms with E-state index in [4.69, 9.17) is 18.9 Å². The first-order valence-electron chi connectivity index (χ1n) is 16.1. The molecule has 5 aromatic rings. The molecule has 55 heavy (non-hydrogen) atoms. The van der Waals surface area contributed by atoms with Crippen LogP contribution in [0.15, 0.2) is 54.6 Å². The Balaban J connectivity index is 1.33. The number of carbonyl (C=O) groups excluding carboxylic acids is 1. The zero-order chi connectivity index (χ0) is 39.4. The molecule has 8 rings (SSSR count). The highest BCUT2D eigenvalue weighted by Crippen LogP contribution is 2.63. The number of phenols is 12. The number of aliphatic hydroxyl groups excluding tert-OH is 1. The third-order valence-corrected chi connectivity index (χ3v) is 9.76. The molecule has 18 nitrogen and oxygen atoms in total. The van der Waals surface area contributed by atoms with E-state index in [2.05, 4.69) is 0 Å². The summed E-state index contributed by atoms with van der Waals surface area (Å²) in [5.41, 5.74) is -1.03. The summed E-state index contributed by atoms with van der Waals surface area (Å²) >= 11 is 0. The summed E-state index contributed by atoms with van der Waals surface area (Å²) in [6.07, 6.45) is -5.31. The van der Waals surface area contributed by atoms with Crippen LogP contribution < -0.4 is 14.2 Å². The van der Waals surface area contributed by atoms with E-state index in [1.807, 2.05) is 0 Å². The van der Waals surface area contributed by atoms with E-state index in [9.17, 15) is 71.2 Å². The average molecular weight is 761 g/mol. The number of ether oxygens (including phenoxy) is 4. The van der Waals surface area contributed by atoms with Crippen molar-refractivity contribution in [1.29, 1.82) is 0 Å². The first-order chi connectivity index (χ1) is 26.0. The molecule has 5 atom stereocenters. The van der Waals surface area contributed by atoms with Crippen LogP contribution in [0.5, 0.6) is 86.2 Å². The SMILES string of the molecule is O=C(O[C@@H]1Cc2c(O)cc3c(c2O[C@@H]1c1cc(O)c(O)c(O)c1)[C@H]1c2c(O)cc(O)cc2O[C@@](c2cc(O)c(O)c(O)c2)(O3)[C@@H]1O)c1cc(O)c(O)c(O)c1. The standard InChI is InChI=1S/C37H28O18/c38-14-7-17(40)27-24(8-14)54-37(13-5-22(45)32(49)23(46)6-13)35(50)29(27)28-25(55-37)10-16(39)15-9-26(52-36(51)12-3-20(43)31(48)21(44)4-12)33(53-34(15)28)11-1-18(41)30(47)19(42)2-11/h1-8,10,26,29,33,35,38-50H,9H2/t26-,29-,33-,35-,37+/m1/s1. The van der Waals surface area contributed by atoms with Gasteiger partial charge < -0.3 is 85.3 Å². The van der Waals surface area contributed by atoms with Crippen molar-refractivity contribution in [3.05, 3.63) is 88.0 Å². The predicted molar refractivity (Wildman–Crippen MR) is 179 cm³/mol. The number of carbonyl (C=O) groups is 1. The van der Waals surface area contributed by atoms with Gasteiger partial charge in [0.25, 0.3) is 0 Å². The Kier molecular flexibility index (Phi) is 7.41. The lowest BCUT2D eigenvalue weighted by Gasteiger charge is -2.50. The topological polar surface area (TPSA) is 317 Å². The lowest BCUT2D eigenvalue weighted by atomic mass is 9.74. The molecule has 0 fully saturated rings. The minimum Gasteiger partial charge on any atom is -0.508 e. The molecule has 0 saturated heterocycles. The van der Waals surface area contributed by atoms with Crippen LogP contribution in [0.2, 0.25) is 0 Å². The Hall–Kier alpha value is -7.47. The van der Waals surface area contributed by atoms with Gasteiger partial charge in [-0.3, -0.25) is 0 Å². The maximum Gasteiger partial charge on any atom is 0.338 e. The molecule has 2 bridgehead atoms. The Labute approximate surface area is 306 Å². The molecular formula is C37H28O18. The molecule has 0 aliphatic carbocycles. The summed E-state index contributed by atoms with van der Waals surface area (Å²) in [4.78, 5) is 13.4. The van der Waals surface area contributed by atoms with Crippen molar-refractivity contribution in [3.8, 4) is 86.2 Å². The maximum absolute atomic E-state index is 13.4. The predicted octanol–water partition coefficient (Wildman–Crippen LogP) is 3.19. The number of hydrogen-bond acceptors (Lipinski definition) is 18. The van der Waals surface area contributed by atoms with Gasteiger partial charge in [0.1, 0.15) is 46.7 Å². The number of rotatable bonds is 4. The van der Waals surface area contributed by atoms with E-state index in [0.29, 0.717) is 0 Å². The monoisotopic (exact) mass is 760 g/mol. The second-order valence-corrected chi connectivity index (χ2v) is 13.1. The summed E-state index contributed by atoms with van der Waals surface area (Å²) in [5, 5.41) is 137. The van der Waals surface area contributed by atoms with E-state index in [1.165, 1.54) is 0 Å².